The second-order valence-electron chi connectivity index (χ2n) is 6.90. The van der Waals surface area contributed by atoms with E-state index in [1.165, 1.54) is 6.20 Å². The summed E-state index contributed by atoms with van der Waals surface area (Å²) in [5.74, 6) is -0.912. The number of carboxylic acid groups (broad SMARTS) is 1. The van der Waals surface area contributed by atoms with E-state index in [0.29, 0.717) is 50.2 Å². The lowest BCUT2D eigenvalue weighted by atomic mass is 10.1. The summed E-state index contributed by atoms with van der Waals surface area (Å²) >= 11 is 0. The van der Waals surface area contributed by atoms with Crippen LogP contribution in [0.15, 0.2) is 23.3 Å². The molecule has 0 radical (unpaired) electrons. The second kappa shape index (κ2) is 11.0. The fourth-order valence-corrected chi connectivity index (χ4v) is 3.27. The molecule has 1 unspecified atom stereocenters. The number of anilines is 1. The van der Waals surface area contributed by atoms with Gasteiger partial charge in [-0.2, -0.15) is 0 Å². The number of rotatable bonds is 10. The van der Waals surface area contributed by atoms with Crippen LogP contribution in [0.1, 0.15) is 44.1 Å². The van der Waals surface area contributed by atoms with E-state index in [0.717, 1.165) is 6.42 Å². The molecule has 6 N–H and O–H groups in total. The lowest BCUT2D eigenvalue weighted by molar-refractivity contribution is -0.137. The molecule has 0 bridgehead atoms. The van der Waals surface area contributed by atoms with Gasteiger partial charge < -0.3 is 26.8 Å². The number of aromatic nitrogens is 1. The van der Waals surface area contributed by atoms with Crippen LogP contribution >= 0.6 is 0 Å². The summed E-state index contributed by atoms with van der Waals surface area (Å²) in [6.45, 7) is 1.01. The molecule has 0 aromatic carbocycles. The predicted octanol–water partition coefficient (Wildman–Crippen LogP) is 0.472. The molecule has 1 fully saturated rings. The first-order valence-electron chi connectivity index (χ1n) is 9.70. The highest BCUT2D eigenvalue weighted by atomic mass is 16.4. The molecule has 1 aromatic rings. The van der Waals surface area contributed by atoms with Gasteiger partial charge in [0.15, 0.2) is 5.96 Å². The third-order valence-electron chi connectivity index (χ3n) is 4.71. The molecule has 2 amide bonds. The highest BCUT2D eigenvalue weighted by Gasteiger charge is 2.34. The fourth-order valence-electron chi connectivity index (χ4n) is 3.27. The summed E-state index contributed by atoms with van der Waals surface area (Å²) in [7, 11) is 0. The molecule has 10 nitrogen and oxygen atoms in total. The van der Waals surface area contributed by atoms with Crippen LogP contribution in [0.4, 0.5) is 5.82 Å². The summed E-state index contributed by atoms with van der Waals surface area (Å²) in [6, 6.07) is 2.88. The summed E-state index contributed by atoms with van der Waals surface area (Å²) < 4.78 is 0. The van der Waals surface area contributed by atoms with E-state index in [-0.39, 0.29) is 30.6 Å². The number of carbonyl (C=O) groups excluding carboxylic acids is 2. The van der Waals surface area contributed by atoms with Gasteiger partial charge in [0, 0.05) is 32.1 Å². The van der Waals surface area contributed by atoms with Crippen molar-refractivity contribution in [3.8, 4) is 0 Å². The zero-order valence-corrected chi connectivity index (χ0v) is 16.3. The number of nitrogens with zero attached hydrogens (tertiary/aromatic N) is 3. The number of carbonyl (C=O) groups is 3. The first-order valence-corrected chi connectivity index (χ1v) is 9.70. The van der Waals surface area contributed by atoms with Crippen molar-refractivity contribution in [2.45, 2.75) is 51.0 Å². The number of hydrogen-bond acceptors (Lipinski definition) is 5. The van der Waals surface area contributed by atoms with Gasteiger partial charge >= 0.3 is 5.97 Å². The highest BCUT2D eigenvalue weighted by Crippen LogP contribution is 2.22. The predicted molar refractivity (Wildman–Crippen MR) is 108 cm³/mol. The Bertz CT molecular complexity index is 763. The molecule has 1 aromatic heterocycles. The lowest BCUT2D eigenvalue weighted by Gasteiger charge is -2.24. The number of aliphatic imine (C=N–C) groups is 1. The van der Waals surface area contributed by atoms with Crippen molar-refractivity contribution >= 4 is 29.6 Å². The van der Waals surface area contributed by atoms with Crippen molar-refractivity contribution in [3.05, 3.63) is 23.9 Å². The van der Waals surface area contributed by atoms with Crippen LogP contribution in [-0.4, -0.2) is 57.9 Å². The Labute approximate surface area is 169 Å². The fraction of sp³-hybridized carbons (Fsp3) is 0.526. The van der Waals surface area contributed by atoms with Crippen molar-refractivity contribution in [2.75, 3.05) is 18.4 Å². The zero-order chi connectivity index (χ0) is 21.2. The molecule has 0 spiro atoms. The van der Waals surface area contributed by atoms with Crippen LogP contribution in [-0.2, 0) is 20.8 Å². The molecule has 1 atom stereocenters. The van der Waals surface area contributed by atoms with Crippen LogP contribution in [0.2, 0.25) is 0 Å². The molecule has 2 heterocycles. The molecule has 1 aliphatic rings. The maximum atomic E-state index is 12.8. The van der Waals surface area contributed by atoms with Gasteiger partial charge in [-0.05, 0) is 43.7 Å². The van der Waals surface area contributed by atoms with E-state index in [1.807, 2.05) is 0 Å². The summed E-state index contributed by atoms with van der Waals surface area (Å²) in [5, 5.41) is 11.6. The van der Waals surface area contributed by atoms with E-state index >= 15 is 0 Å². The first-order chi connectivity index (χ1) is 13.9. The van der Waals surface area contributed by atoms with E-state index in [1.54, 1.807) is 17.0 Å². The topological polar surface area (TPSA) is 164 Å². The largest absolute Gasteiger partial charge is 0.481 e. The van der Waals surface area contributed by atoms with Gasteiger partial charge in [-0.1, -0.05) is 6.07 Å². The SMILES string of the molecule is NC(N)=NCCCCC(=O)N1CCCC1C(=O)Nc1ncccc1CCC(=O)O. The molecule has 0 aliphatic carbocycles. The molecule has 29 heavy (non-hydrogen) atoms. The van der Waals surface area contributed by atoms with Crippen molar-refractivity contribution in [2.24, 2.45) is 16.5 Å². The van der Waals surface area contributed by atoms with Crippen LogP contribution in [0, 0.1) is 0 Å². The molecule has 1 aliphatic heterocycles. The molecular formula is C19H28N6O4. The van der Waals surface area contributed by atoms with Crippen LogP contribution in [0.5, 0.6) is 0 Å². The summed E-state index contributed by atoms with van der Waals surface area (Å²) in [4.78, 5) is 45.8. The molecule has 158 valence electrons. The smallest absolute Gasteiger partial charge is 0.303 e. The Morgan fingerprint density at radius 3 is 2.79 bits per heavy atom. The average Bonchev–Trinajstić information content (AvgIpc) is 3.16. The van der Waals surface area contributed by atoms with Crippen LogP contribution in [0.3, 0.4) is 0 Å². The number of amides is 2. The minimum atomic E-state index is -0.918. The normalized spacial score (nSPS) is 15.7. The van der Waals surface area contributed by atoms with Gasteiger partial charge in [-0.25, -0.2) is 4.98 Å². The van der Waals surface area contributed by atoms with E-state index in [2.05, 4.69) is 15.3 Å². The molecule has 2 rings (SSSR count). The highest BCUT2D eigenvalue weighted by molar-refractivity contribution is 5.97. The Kier molecular flexibility index (Phi) is 8.38. The maximum Gasteiger partial charge on any atom is 0.303 e. The number of aryl methyl sites for hydroxylation is 1. The molecule has 1 saturated heterocycles. The Morgan fingerprint density at radius 2 is 2.07 bits per heavy atom. The second-order valence-corrected chi connectivity index (χ2v) is 6.90. The minimum absolute atomic E-state index is 0.0323. The Hall–Kier alpha value is -3.17. The van der Waals surface area contributed by atoms with Crippen molar-refractivity contribution in [1.82, 2.24) is 9.88 Å². The standard InChI is InChI=1S/C19H28N6O4/c20-19(21)23-10-2-1-7-15(26)25-12-4-6-14(25)18(29)24-17-13(5-3-11-22-17)8-9-16(27)28/h3,5,11,14H,1-2,4,6-10,12H2,(H,27,28)(H4,20,21,23)(H,22,24,29). The number of likely N-dealkylation sites (tertiary alicyclic amines) is 1. The monoisotopic (exact) mass is 404 g/mol. The minimum Gasteiger partial charge on any atom is -0.481 e. The van der Waals surface area contributed by atoms with Crippen LogP contribution < -0.4 is 16.8 Å². The number of pyridine rings is 1. The maximum absolute atomic E-state index is 12.8. The van der Waals surface area contributed by atoms with E-state index in [4.69, 9.17) is 16.6 Å². The van der Waals surface area contributed by atoms with Crippen molar-refractivity contribution in [3.63, 3.8) is 0 Å². The van der Waals surface area contributed by atoms with Crippen molar-refractivity contribution < 1.29 is 19.5 Å². The van der Waals surface area contributed by atoms with E-state index in [9.17, 15) is 14.4 Å². The zero-order valence-electron chi connectivity index (χ0n) is 16.3. The van der Waals surface area contributed by atoms with Crippen LogP contribution in [0.25, 0.3) is 0 Å². The summed E-state index contributed by atoms with van der Waals surface area (Å²) in [5.41, 5.74) is 11.2. The van der Waals surface area contributed by atoms with E-state index < -0.39 is 12.0 Å². The number of unbranched alkanes of at least 4 members (excludes halogenated alkanes) is 1. The van der Waals surface area contributed by atoms with Gasteiger partial charge in [-0.3, -0.25) is 19.4 Å². The quantitative estimate of drug-likeness (QED) is 0.250. The number of guanidine groups is 1. The molecule has 10 heteroatoms. The molecular weight excluding hydrogens is 376 g/mol. The number of nitrogens with one attached hydrogen (secondary N) is 1. The first kappa shape index (κ1) is 22.1. The molecule has 0 saturated carbocycles. The number of carboxylic acids is 1. The third kappa shape index (κ3) is 7.05. The third-order valence-corrected chi connectivity index (χ3v) is 4.71. The average molecular weight is 404 g/mol. The van der Waals surface area contributed by atoms with Gasteiger partial charge in [0.25, 0.3) is 0 Å². The van der Waals surface area contributed by atoms with Crippen molar-refractivity contribution in [1.29, 1.82) is 0 Å². The van der Waals surface area contributed by atoms with Gasteiger partial charge in [0.1, 0.15) is 11.9 Å². The Morgan fingerprint density at radius 1 is 1.28 bits per heavy atom. The summed E-state index contributed by atoms with van der Waals surface area (Å²) in [6.07, 6.45) is 4.75. The van der Waals surface area contributed by atoms with Gasteiger partial charge in [0.05, 0.1) is 0 Å². The van der Waals surface area contributed by atoms with Gasteiger partial charge in [0.2, 0.25) is 11.8 Å². The number of nitrogens with two attached hydrogens (primary N) is 2. The Balaban J connectivity index is 1.92. The van der Waals surface area contributed by atoms with Gasteiger partial charge in [-0.15, -0.1) is 0 Å². The number of hydrogen-bond donors (Lipinski definition) is 4. The lowest BCUT2D eigenvalue weighted by Crippen LogP contribution is -2.43. The number of aliphatic carboxylic acids is 1.